The molecule has 1 N–H and O–H groups in total. The Balaban J connectivity index is 2.04. The van der Waals surface area contributed by atoms with E-state index >= 15 is 0 Å². The molecule has 5 heteroatoms. The molecule has 0 bridgehead atoms. The molecule has 20 heavy (non-hydrogen) atoms. The van der Waals surface area contributed by atoms with Crippen molar-refractivity contribution < 1.29 is 4.40 Å². The van der Waals surface area contributed by atoms with Crippen molar-refractivity contribution in [3.05, 3.63) is 53.1 Å². The van der Waals surface area contributed by atoms with Crippen LogP contribution in [-0.2, 0) is 6.54 Å². The molecule has 0 fully saturated rings. The SMILES string of the molecule is CC/C=C/CCn1c[n+]2c(n1)[nH]c(=O)c1ccccc12. The number of para-hydroxylation sites is 1. The Morgan fingerprint density at radius 2 is 2.20 bits per heavy atom. The minimum absolute atomic E-state index is 0.100. The van der Waals surface area contributed by atoms with Crippen molar-refractivity contribution in [2.24, 2.45) is 0 Å². The van der Waals surface area contributed by atoms with Gasteiger partial charge in [0.1, 0.15) is 5.52 Å². The van der Waals surface area contributed by atoms with Crippen molar-refractivity contribution in [2.75, 3.05) is 0 Å². The van der Waals surface area contributed by atoms with Gasteiger partial charge in [0.25, 0.3) is 0 Å². The smallest absolute Gasteiger partial charge is 0.255 e. The van der Waals surface area contributed by atoms with Gasteiger partial charge >= 0.3 is 11.3 Å². The molecule has 0 unspecified atom stereocenters. The first kappa shape index (κ1) is 12.6. The molecule has 0 atom stereocenters. The van der Waals surface area contributed by atoms with Crippen LogP contribution in [0.4, 0.5) is 0 Å². The largest absolute Gasteiger partial charge is 0.389 e. The zero-order valence-corrected chi connectivity index (χ0v) is 11.4. The van der Waals surface area contributed by atoms with Crippen molar-refractivity contribution in [3.63, 3.8) is 0 Å². The average molecular weight is 269 g/mol. The lowest BCUT2D eigenvalue weighted by molar-refractivity contribution is -0.485. The predicted octanol–water partition coefficient (Wildman–Crippen LogP) is 1.82. The number of hydrogen-bond acceptors (Lipinski definition) is 2. The van der Waals surface area contributed by atoms with Crippen molar-refractivity contribution in [1.29, 1.82) is 0 Å². The standard InChI is InChI=1S/C15H16N4O/c1-2-3-4-7-10-18-11-19-13-9-6-5-8-12(13)14(20)16-15(19)17-18/h3-6,8-9,11H,2,7,10H2,1H3/p+1/b4-3+. The summed E-state index contributed by atoms with van der Waals surface area (Å²) in [5, 5.41) is 5.09. The van der Waals surface area contributed by atoms with E-state index in [1.165, 1.54) is 0 Å². The zero-order valence-electron chi connectivity index (χ0n) is 11.4. The van der Waals surface area contributed by atoms with Crippen molar-refractivity contribution >= 4 is 16.7 Å². The molecule has 5 nitrogen and oxygen atoms in total. The lowest BCUT2D eigenvalue weighted by Crippen LogP contribution is -2.26. The minimum atomic E-state index is -0.100. The summed E-state index contributed by atoms with van der Waals surface area (Å²) in [4.78, 5) is 14.8. The maximum absolute atomic E-state index is 12.0. The van der Waals surface area contributed by atoms with Gasteiger partial charge in [0.15, 0.2) is 6.33 Å². The first-order valence-electron chi connectivity index (χ1n) is 6.84. The van der Waals surface area contributed by atoms with Crippen molar-refractivity contribution in [1.82, 2.24) is 14.8 Å². The number of aromatic nitrogens is 4. The quantitative estimate of drug-likeness (QED) is 0.580. The number of hydrogen-bond donors (Lipinski definition) is 1. The highest BCUT2D eigenvalue weighted by Gasteiger charge is 2.13. The highest BCUT2D eigenvalue weighted by Crippen LogP contribution is 2.04. The number of H-pyrrole nitrogens is 1. The Labute approximate surface area is 116 Å². The second kappa shape index (κ2) is 5.28. The molecule has 0 aliphatic carbocycles. The third kappa shape index (κ3) is 2.22. The molecule has 0 saturated carbocycles. The number of nitrogens with one attached hydrogen (secondary N) is 1. The average Bonchev–Trinajstić information content (AvgIpc) is 2.87. The van der Waals surface area contributed by atoms with Crippen LogP contribution in [0.1, 0.15) is 19.8 Å². The molecule has 0 aliphatic rings. The van der Waals surface area contributed by atoms with Gasteiger partial charge in [-0.25, -0.2) is 4.98 Å². The van der Waals surface area contributed by atoms with E-state index < -0.39 is 0 Å². The summed E-state index contributed by atoms with van der Waals surface area (Å²) >= 11 is 0. The number of fused-ring (bicyclic) bond motifs is 3. The van der Waals surface area contributed by atoms with Crippen LogP contribution in [0.3, 0.4) is 0 Å². The molecule has 3 aromatic rings. The summed E-state index contributed by atoms with van der Waals surface area (Å²) in [7, 11) is 0. The van der Waals surface area contributed by atoms with Gasteiger partial charge in [-0.3, -0.25) is 4.79 Å². The molecule has 0 spiro atoms. The summed E-state index contributed by atoms with van der Waals surface area (Å²) < 4.78 is 3.78. The van der Waals surface area contributed by atoms with Gasteiger partial charge in [-0.15, -0.1) is 4.68 Å². The Hall–Kier alpha value is -2.43. The van der Waals surface area contributed by atoms with E-state index in [1.54, 1.807) is 0 Å². The summed E-state index contributed by atoms with van der Waals surface area (Å²) in [5.74, 6) is 0.577. The van der Waals surface area contributed by atoms with Gasteiger partial charge in [0.2, 0.25) is 0 Å². The second-order valence-corrected chi connectivity index (χ2v) is 4.71. The Kier molecular flexibility index (Phi) is 3.33. The third-order valence-corrected chi connectivity index (χ3v) is 3.26. The van der Waals surface area contributed by atoms with Gasteiger partial charge in [-0.05, 0) is 25.0 Å². The fourth-order valence-corrected chi connectivity index (χ4v) is 2.29. The summed E-state index contributed by atoms with van der Waals surface area (Å²) in [6.45, 7) is 2.92. The number of nitrogens with zero attached hydrogens (tertiary/aromatic N) is 3. The van der Waals surface area contributed by atoms with Gasteiger partial charge in [0, 0.05) is 5.10 Å². The lowest BCUT2D eigenvalue weighted by Gasteiger charge is -1.93. The molecule has 2 aromatic heterocycles. The Bertz CT molecular complexity index is 829. The highest BCUT2D eigenvalue weighted by molar-refractivity contribution is 5.74. The molecule has 0 saturated heterocycles. The monoisotopic (exact) mass is 269 g/mol. The van der Waals surface area contributed by atoms with Crippen LogP contribution in [0, 0.1) is 0 Å². The van der Waals surface area contributed by atoms with E-state index in [2.05, 4.69) is 29.2 Å². The van der Waals surface area contributed by atoms with Crippen molar-refractivity contribution in [3.8, 4) is 0 Å². The number of allylic oxidation sites excluding steroid dienone is 2. The van der Waals surface area contributed by atoms with E-state index in [1.807, 2.05) is 39.7 Å². The summed E-state index contributed by atoms with van der Waals surface area (Å²) in [5.41, 5.74) is 0.776. The van der Waals surface area contributed by atoms with E-state index in [0.29, 0.717) is 11.2 Å². The molecule has 0 amide bonds. The Morgan fingerprint density at radius 1 is 1.35 bits per heavy atom. The fraction of sp³-hybridized carbons (Fsp3) is 0.267. The first-order valence-corrected chi connectivity index (χ1v) is 6.84. The van der Waals surface area contributed by atoms with Gasteiger partial charge in [0.05, 0.1) is 11.9 Å². The van der Waals surface area contributed by atoms with E-state index in [4.69, 9.17) is 0 Å². The first-order chi connectivity index (χ1) is 9.79. The Morgan fingerprint density at radius 3 is 3.05 bits per heavy atom. The van der Waals surface area contributed by atoms with Crippen molar-refractivity contribution in [2.45, 2.75) is 26.3 Å². The highest BCUT2D eigenvalue weighted by atomic mass is 16.1. The molecule has 0 aliphatic heterocycles. The molecule has 102 valence electrons. The molecule has 1 aromatic carbocycles. The maximum Gasteiger partial charge on any atom is 0.389 e. The normalized spacial score (nSPS) is 11.8. The summed E-state index contributed by atoms with van der Waals surface area (Å²) in [6.07, 6.45) is 8.21. The summed E-state index contributed by atoms with van der Waals surface area (Å²) in [6, 6.07) is 7.54. The van der Waals surface area contributed by atoms with Crippen LogP contribution in [0.25, 0.3) is 16.7 Å². The third-order valence-electron chi connectivity index (χ3n) is 3.26. The van der Waals surface area contributed by atoms with Crippen LogP contribution in [0.15, 0.2) is 47.5 Å². The second-order valence-electron chi connectivity index (χ2n) is 4.71. The zero-order chi connectivity index (χ0) is 13.9. The maximum atomic E-state index is 12.0. The molecule has 2 heterocycles. The molecule has 3 rings (SSSR count). The van der Waals surface area contributed by atoms with Crippen LogP contribution < -0.4 is 9.96 Å². The van der Waals surface area contributed by atoms with E-state index in [9.17, 15) is 4.79 Å². The van der Waals surface area contributed by atoms with Crippen LogP contribution in [0.2, 0.25) is 0 Å². The lowest BCUT2D eigenvalue weighted by atomic mass is 10.2. The topological polar surface area (TPSA) is 54.8 Å². The van der Waals surface area contributed by atoms with Crippen LogP contribution in [0.5, 0.6) is 0 Å². The van der Waals surface area contributed by atoms with Gasteiger partial charge in [-0.2, -0.15) is 4.40 Å². The van der Waals surface area contributed by atoms with E-state index in [0.717, 1.165) is 24.9 Å². The fourth-order valence-electron chi connectivity index (χ4n) is 2.29. The van der Waals surface area contributed by atoms with E-state index in [-0.39, 0.29) is 5.56 Å². The predicted molar refractivity (Wildman–Crippen MR) is 77.6 cm³/mol. The number of aromatic amines is 1. The van der Waals surface area contributed by atoms with Crippen LogP contribution >= 0.6 is 0 Å². The number of benzene rings is 1. The molecular formula is C15H17N4O+. The number of aryl methyl sites for hydroxylation is 1. The molecular weight excluding hydrogens is 252 g/mol. The number of rotatable bonds is 4. The molecule has 0 radical (unpaired) electrons. The van der Waals surface area contributed by atoms with Gasteiger partial charge in [-0.1, -0.05) is 31.2 Å². The minimum Gasteiger partial charge on any atom is -0.255 e. The van der Waals surface area contributed by atoms with Gasteiger partial charge < -0.3 is 0 Å². The van der Waals surface area contributed by atoms with Crippen LogP contribution in [-0.4, -0.2) is 14.8 Å².